The first-order valence-electron chi connectivity index (χ1n) is 6.97. The Morgan fingerprint density at radius 1 is 1.06 bits per heavy atom. The Morgan fingerprint density at radius 3 is 2.61 bits per heavy atom. The number of carbonyl (C=O) groups is 2. The summed E-state index contributed by atoms with van der Waals surface area (Å²) in [5.74, 6) is -0.874. The van der Waals surface area contributed by atoms with Gasteiger partial charge in [0, 0.05) is 6.54 Å². The maximum Gasteiger partial charge on any atom is 0.326 e. The Labute approximate surface area is 108 Å². The highest BCUT2D eigenvalue weighted by Crippen LogP contribution is 2.20. The molecule has 2 aliphatic rings. The minimum absolute atomic E-state index is 0.0102. The maximum atomic E-state index is 12.4. The zero-order chi connectivity index (χ0) is 13.0. The average molecular weight is 254 g/mol. The zero-order valence-corrected chi connectivity index (χ0v) is 10.7. The van der Waals surface area contributed by atoms with Crippen LogP contribution < -0.4 is 5.32 Å². The van der Waals surface area contributed by atoms with Crippen molar-refractivity contribution in [3.05, 3.63) is 0 Å². The number of rotatable bonds is 2. The first kappa shape index (κ1) is 13.3. The van der Waals surface area contributed by atoms with Crippen LogP contribution in [0, 0.1) is 0 Å². The third-order valence-electron chi connectivity index (χ3n) is 3.93. The quantitative estimate of drug-likeness (QED) is 0.771. The number of carboxylic acids is 1. The summed E-state index contributed by atoms with van der Waals surface area (Å²) in [6, 6.07) is -0.788. The van der Waals surface area contributed by atoms with Crippen LogP contribution in [0.25, 0.3) is 0 Å². The van der Waals surface area contributed by atoms with Crippen molar-refractivity contribution in [3.63, 3.8) is 0 Å². The fourth-order valence-corrected chi connectivity index (χ4v) is 2.89. The van der Waals surface area contributed by atoms with E-state index in [1.807, 2.05) is 0 Å². The molecule has 5 heteroatoms. The lowest BCUT2D eigenvalue weighted by atomic mass is 10.00. The molecule has 2 saturated heterocycles. The molecule has 2 aliphatic heterocycles. The second-order valence-corrected chi connectivity index (χ2v) is 5.24. The summed E-state index contributed by atoms with van der Waals surface area (Å²) in [6.45, 7) is 1.45. The minimum atomic E-state index is -0.864. The Bertz CT molecular complexity index is 311. The molecule has 2 heterocycles. The zero-order valence-electron chi connectivity index (χ0n) is 10.7. The average Bonchev–Trinajstić information content (AvgIpc) is 2.66. The van der Waals surface area contributed by atoms with Gasteiger partial charge in [0.15, 0.2) is 0 Å². The van der Waals surface area contributed by atoms with Crippen LogP contribution in [-0.4, -0.2) is 47.1 Å². The molecule has 2 atom stereocenters. The summed E-state index contributed by atoms with van der Waals surface area (Å²) < 4.78 is 0. The van der Waals surface area contributed by atoms with Gasteiger partial charge in [-0.2, -0.15) is 0 Å². The summed E-state index contributed by atoms with van der Waals surface area (Å²) in [4.78, 5) is 25.2. The van der Waals surface area contributed by atoms with E-state index in [1.165, 1.54) is 0 Å². The first-order chi connectivity index (χ1) is 8.70. The molecule has 0 radical (unpaired) electrons. The van der Waals surface area contributed by atoms with Crippen LogP contribution in [0.2, 0.25) is 0 Å². The van der Waals surface area contributed by atoms with E-state index >= 15 is 0 Å². The smallest absolute Gasteiger partial charge is 0.326 e. The molecular formula is C13H22N2O3. The monoisotopic (exact) mass is 254 g/mol. The third-order valence-corrected chi connectivity index (χ3v) is 3.93. The molecule has 0 spiro atoms. The first-order valence-corrected chi connectivity index (χ1v) is 6.97. The Morgan fingerprint density at radius 2 is 1.83 bits per heavy atom. The number of amides is 1. The molecule has 0 aromatic heterocycles. The largest absolute Gasteiger partial charge is 0.480 e. The van der Waals surface area contributed by atoms with Crippen LogP contribution in [0.4, 0.5) is 0 Å². The SMILES string of the molecule is O=C(O)[C@@H]1CCCCN1C(=O)C1CCCCCN1. The van der Waals surface area contributed by atoms with E-state index in [-0.39, 0.29) is 11.9 Å². The van der Waals surface area contributed by atoms with Gasteiger partial charge in [0.05, 0.1) is 6.04 Å². The summed E-state index contributed by atoms with van der Waals surface area (Å²) in [7, 11) is 0. The lowest BCUT2D eigenvalue weighted by molar-refractivity contribution is -0.153. The second-order valence-electron chi connectivity index (χ2n) is 5.24. The van der Waals surface area contributed by atoms with Crippen molar-refractivity contribution < 1.29 is 14.7 Å². The van der Waals surface area contributed by atoms with Gasteiger partial charge in [-0.1, -0.05) is 12.8 Å². The number of carboxylic acid groups (broad SMARTS) is 1. The van der Waals surface area contributed by atoms with Crippen molar-refractivity contribution in [2.24, 2.45) is 0 Å². The van der Waals surface area contributed by atoms with E-state index in [9.17, 15) is 14.7 Å². The molecule has 5 nitrogen and oxygen atoms in total. The van der Waals surface area contributed by atoms with E-state index in [1.54, 1.807) is 4.90 Å². The standard InChI is InChI=1S/C13H22N2O3/c16-12(10-6-2-1-4-8-14-10)15-9-5-3-7-11(15)13(17)18/h10-11,14H,1-9H2,(H,17,18)/t10?,11-/m0/s1. The highest BCUT2D eigenvalue weighted by molar-refractivity contribution is 5.87. The van der Waals surface area contributed by atoms with Gasteiger partial charge >= 0.3 is 5.97 Å². The number of piperidine rings is 1. The van der Waals surface area contributed by atoms with Gasteiger partial charge in [-0.15, -0.1) is 0 Å². The molecular weight excluding hydrogens is 232 g/mol. The lowest BCUT2D eigenvalue weighted by Gasteiger charge is -2.35. The van der Waals surface area contributed by atoms with Gasteiger partial charge < -0.3 is 15.3 Å². The van der Waals surface area contributed by atoms with E-state index in [2.05, 4.69) is 5.32 Å². The number of aliphatic carboxylic acids is 1. The van der Waals surface area contributed by atoms with Crippen LogP contribution >= 0.6 is 0 Å². The molecule has 0 bridgehead atoms. The summed E-state index contributed by atoms with van der Waals surface area (Å²) in [6.07, 6.45) is 6.55. The van der Waals surface area contributed by atoms with Crippen LogP contribution in [-0.2, 0) is 9.59 Å². The Balaban J connectivity index is 2.02. The number of hydrogen-bond donors (Lipinski definition) is 2. The molecule has 0 saturated carbocycles. The molecule has 0 aliphatic carbocycles. The van der Waals surface area contributed by atoms with Crippen molar-refractivity contribution in [2.45, 2.75) is 57.0 Å². The molecule has 1 unspecified atom stereocenters. The van der Waals surface area contributed by atoms with Crippen LogP contribution in [0.1, 0.15) is 44.9 Å². The summed E-state index contributed by atoms with van der Waals surface area (Å²) in [5.41, 5.74) is 0. The van der Waals surface area contributed by atoms with Crippen molar-refractivity contribution in [1.29, 1.82) is 0 Å². The van der Waals surface area contributed by atoms with Gasteiger partial charge in [0.2, 0.25) is 5.91 Å². The summed E-state index contributed by atoms with van der Waals surface area (Å²) in [5, 5.41) is 12.5. The fourth-order valence-electron chi connectivity index (χ4n) is 2.89. The number of carbonyl (C=O) groups excluding carboxylic acids is 1. The highest BCUT2D eigenvalue weighted by atomic mass is 16.4. The van der Waals surface area contributed by atoms with Gasteiger partial charge in [-0.3, -0.25) is 4.79 Å². The maximum absolute atomic E-state index is 12.4. The van der Waals surface area contributed by atoms with Gasteiger partial charge in [0.1, 0.15) is 6.04 Å². The van der Waals surface area contributed by atoms with Crippen LogP contribution in [0.5, 0.6) is 0 Å². The van der Waals surface area contributed by atoms with Gasteiger partial charge in [-0.05, 0) is 38.6 Å². The normalized spacial score (nSPS) is 29.7. The Kier molecular flexibility index (Phi) is 4.58. The van der Waals surface area contributed by atoms with Crippen molar-refractivity contribution in [3.8, 4) is 0 Å². The van der Waals surface area contributed by atoms with Gasteiger partial charge in [-0.25, -0.2) is 4.79 Å². The second kappa shape index (κ2) is 6.18. The molecule has 0 aromatic rings. The predicted molar refractivity (Wildman–Crippen MR) is 67.2 cm³/mol. The molecule has 2 rings (SSSR count). The Hall–Kier alpha value is -1.10. The molecule has 1 amide bonds. The van der Waals surface area contributed by atoms with Crippen LogP contribution in [0.3, 0.4) is 0 Å². The number of hydrogen-bond acceptors (Lipinski definition) is 3. The number of nitrogens with one attached hydrogen (secondary N) is 1. The van der Waals surface area contributed by atoms with Crippen molar-refractivity contribution >= 4 is 11.9 Å². The lowest BCUT2D eigenvalue weighted by Crippen LogP contribution is -2.54. The molecule has 2 fully saturated rings. The predicted octanol–water partition coefficient (Wildman–Crippen LogP) is 0.984. The van der Waals surface area contributed by atoms with E-state index in [0.29, 0.717) is 13.0 Å². The topological polar surface area (TPSA) is 69.6 Å². The molecule has 18 heavy (non-hydrogen) atoms. The van der Waals surface area contributed by atoms with Gasteiger partial charge in [0.25, 0.3) is 0 Å². The van der Waals surface area contributed by atoms with E-state index in [0.717, 1.165) is 45.1 Å². The van der Waals surface area contributed by atoms with E-state index in [4.69, 9.17) is 0 Å². The van der Waals surface area contributed by atoms with Crippen molar-refractivity contribution in [2.75, 3.05) is 13.1 Å². The highest BCUT2D eigenvalue weighted by Gasteiger charge is 2.35. The van der Waals surface area contributed by atoms with Crippen molar-refractivity contribution in [1.82, 2.24) is 10.2 Å². The fraction of sp³-hybridized carbons (Fsp3) is 0.846. The number of nitrogens with zero attached hydrogens (tertiary/aromatic N) is 1. The molecule has 2 N–H and O–H groups in total. The number of likely N-dealkylation sites (tertiary alicyclic amines) is 1. The molecule has 102 valence electrons. The van der Waals surface area contributed by atoms with Crippen LogP contribution in [0.15, 0.2) is 0 Å². The molecule has 0 aromatic carbocycles. The minimum Gasteiger partial charge on any atom is -0.480 e. The third kappa shape index (κ3) is 3.02. The van der Waals surface area contributed by atoms with E-state index < -0.39 is 12.0 Å². The summed E-state index contributed by atoms with van der Waals surface area (Å²) >= 11 is 0.